The van der Waals surface area contributed by atoms with Crippen LogP contribution in [0.5, 0.6) is 0 Å². The van der Waals surface area contributed by atoms with E-state index in [1.807, 2.05) is 24.3 Å². The minimum absolute atomic E-state index is 0.0116. The van der Waals surface area contributed by atoms with Crippen molar-refractivity contribution in [2.24, 2.45) is 0 Å². The molecule has 0 radical (unpaired) electrons. The van der Waals surface area contributed by atoms with E-state index in [0.29, 0.717) is 22.7 Å². The molecule has 2 aliphatic rings. The maximum atomic E-state index is 12.4. The van der Waals surface area contributed by atoms with Crippen molar-refractivity contribution in [1.82, 2.24) is 4.90 Å². The standard InChI is InChI=1S/C19H16ClNO3/c20-13-7-5-12(6-8-13)17-10-9-14(24-17)11-21-18(22)15-3-1-2-4-16(15)19(21)23/h1-8,14,17H,9-11H2. The lowest BCUT2D eigenvalue weighted by Gasteiger charge is -2.19. The summed E-state index contributed by atoms with van der Waals surface area (Å²) in [6.07, 6.45) is 1.55. The molecule has 2 heterocycles. The summed E-state index contributed by atoms with van der Waals surface area (Å²) in [5, 5.41) is 0.694. The molecule has 1 fully saturated rings. The lowest BCUT2D eigenvalue weighted by Crippen LogP contribution is -2.36. The van der Waals surface area contributed by atoms with Gasteiger partial charge < -0.3 is 4.74 Å². The molecule has 2 aliphatic heterocycles. The van der Waals surface area contributed by atoms with Gasteiger partial charge in [0, 0.05) is 5.02 Å². The van der Waals surface area contributed by atoms with Crippen LogP contribution in [0.15, 0.2) is 48.5 Å². The highest BCUT2D eigenvalue weighted by molar-refractivity contribution is 6.30. The predicted molar refractivity (Wildman–Crippen MR) is 90.1 cm³/mol. The van der Waals surface area contributed by atoms with Gasteiger partial charge in [-0.3, -0.25) is 14.5 Å². The first-order chi connectivity index (χ1) is 11.6. The van der Waals surface area contributed by atoms with Gasteiger partial charge >= 0.3 is 0 Å². The first-order valence-corrected chi connectivity index (χ1v) is 8.37. The summed E-state index contributed by atoms with van der Waals surface area (Å²) < 4.78 is 6.06. The van der Waals surface area contributed by atoms with Crippen LogP contribution in [0.1, 0.15) is 45.2 Å². The molecule has 0 aromatic heterocycles. The van der Waals surface area contributed by atoms with Crippen LogP contribution in [0.2, 0.25) is 5.02 Å². The van der Waals surface area contributed by atoms with E-state index in [1.54, 1.807) is 24.3 Å². The number of fused-ring (bicyclic) bond motifs is 1. The molecule has 1 saturated heterocycles. The highest BCUT2D eigenvalue weighted by Crippen LogP contribution is 2.34. The number of amides is 2. The molecule has 2 aromatic carbocycles. The molecular formula is C19H16ClNO3. The average Bonchev–Trinajstić information content (AvgIpc) is 3.16. The third-order valence-electron chi connectivity index (χ3n) is 4.61. The Hall–Kier alpha value is -2.17. The van der Waals surface area contributed by atoms with Crippen LogP contribution < -0.4 is 0 Å². The predicted octanol–water partition coefficient (Wildman–Crippen LogP) is 3.86. The number of rotatable bonds is 3. The Balaban J connectivity index is 1.45. The fraction of sp³-hybridized carbons (Fsp3) is 0.263. The van der Waals surface area contributed by atoms with E-state index in [-0.39, 0.29) is 24.0 Å². The molecule has 0 bridgehead atoms. The van der Waals surface area contributed by atoms with Crippen LogP contribution in [0, 0.1) is 0 Å². The van der Waals surface area contributed by atoms with E-state index in [0.717, 1.165) is 18.4 Å². The SMILES string of the molecule is O=C1c2ccccc2C(=O)N1CC1CCC(c2ccc(Cl)cc2)O1. The zero-order valence-electron chi connectivity index (χ0n) is 12.9. The number of carbonyl (C=O) groups excluding carboxylic acids is 2. The Morgan fingerprint density at radius 2 is 1.58 bits per heavy atom. The maximum Gasteiger partial charge on any atom is 0.261 e. The van der Waals surface area contributed by atoms with Gasteiger partial charge in [-0.15, -0.1) is 0 Å². The molecule has 2 atom stereocenters. The Kier molecular flexibility index (Phi) is 3.87. The minimum atomic E-state index is -0.228. The number of imide groups is 1. The molecule has 0 aliphatic carbocycles. The normalized spacial score (nSPS) is 23.0. The first-order valence-electron chi connectivity index (χ1n) is 7.99. The second-order valence-corrected chi connectivity index (χ2v) is 6.58. The van der Waals surface area contributed by atoms with Gasteiger partial charge in [0.25, 0.3) is 11.8 Å². The molecule has 4 nitrogen and oxygen atoms in total. The van der Waals surface area contributed by atoms with Crippen molar-refractivity contribution in [1.29, 1.82) is 0 Å². The number of hydrogen-bond acceptors (Lipinski definition) is 3. The summed E-state index contributed by atoms with van der Waals surface area (Å²) in [4.78, 5) is 26.1. The van der Waals surface area contributed by atoms with Gasteiger partial charge in [0.2, 0.25) is 0 Å². The van der Waals surface area contributed by atoms with Crippen LogP contribution >= 0.6 is 11.6 Å². The summed E-state index contributed by atoms with van der Waals surface area (Å²) >= 11 is 5.91. The van der Waals surface area contributed by atoms with Crippen molar-refractivity contribution in [3.63, 3.8) is 0 Å². The lowest BCUT2D eigenvalue weighted by molar-refractivity contribution is 0.0217. The van der Waals surface area contributed by atoms with Crippen LogP contribution in [0.3, 0.4) is 0 Å². The monoisotopic (exact) mass is 341 g/mol. The van der Waals surface area contributed by atoms with E-state index in [9.17, 15) is 9.59 Å². The molecular weight excluding hydrogens is 326 g/mol. The van der Waals surface area contributed by atoms with Crippen molar-refractivity contribution < 1.29 is 14.3 Å². The Labute approximate surface area is 145 Å². The summed E-state index contributed by atoms with van der Waals surface area (Å²) in [6.45, 7) is 0.302. The minimum Gasteiger partial charge on any atom is -0.368 e. The van der Waals surface area contributed by atoms with Crippen LogP contribution in [0.25, 0.3) is 0 Å². The van der Waals surface area contributed by atoms with Crippen LogP contribution in [-0.4, -0.2) is 29.4 Å². The Morgan fingerprint density at radius 1 is 0.958 bits per heavy atom. The summed E-state index contributed by atoms with van der Waals surface area (Å²) in [5.74, 6) is -0.455. The van der Waals surface area contributed by atoms with Gasteiger partial charge in [-0.25, -0.2) is 0 Å². The molecule has 2 amide bonds. The second-order valence-electron chi connectivity index (χ2n) is 6.14. The molecule has 5 heteroatoms. The molecule has 0 spiro atoms. The van der Waals surface area contributed by atoms with Crippen LogP contribution in [0.4, 0.5) is 0 Å². The highest BCUT2D eigenvalue weighted by atomic mass is 35.5. The smallest absolute Gasteiger partial charge is 0.261 e. The summed E-state index contributed by atoms with van der Waals surface area (Å²) in [7, 11) is 0. The fourth-order valence-corrected chi connectivity index (χ4v) is 3.50. The number of carbonyl (C=O) groups is 2. The fourth-order valence-electron chi connectivity index (χ4n) is 3.37. The van der Waals surface area contributed by atoms with E-state index >= 15 is 0 Å². The third kappa shape index (κ3) is 2.62. The average molecular weight is 342 g/mol. The van der Waals surface area contributed by atoms with Gasteiger partial charge in [-0.05, 0) is 42.7 Å². The zero-order chi connectivity index (χ0) is 16.7. The molecule has 2 aromatic rings. The highest BCUT2D eigenvalue weighted by Gasteiger charge is 2.38. The number of benzene rings is 2. The third-order valence-corrected chi connectivity index (χ3v) is 4.87. The number of hydrogen-bond donors (Lipinski definition) is 0. The Morgan fingerprint density at radius 3 is 2.21 bits per heavy atom. The summed E-state index contributed by atoms with van der Waals surface area (Å²) in [5.41, 5.74) is 2.04. The van der Waals surface area contributed by atoms with Gasteiger partial charge in [-0.1, -0.05) is 35.9 Å². The van der Waals surface area contributed by atoms with Gasteiger partial charge in [0.15, 0.2) is 0 Å². The van der Waals surface area contributed by atoms with E-state index in [2.05, 4.69) is 0 Å². The number of ether oxygens (including phenoxy) is 1. The van der Waals surface area contributed by atoms with Gasteiger partial charge in [-0.2, -0.15) is 0 Å². The van der Waals surface area contributed by atoms with Gasteiger partial charge in [0.1, 0.15) is 0 Å². The summed E-state index contributed by atoms with van der Waals surface area (Å²) in [6, 6.07) is 14.5. The number of nitrogens with zero attached hydrogens (tertiary/aromatic N) is 1. The van der Waals surface area contributed by atoms with Crippen molar-refractivity contribution in [3.05, 3.63) is 70.2 Å². The molecule has 0 N–H and O–H groups in total. The molecule has 4 rings (SSSR count). The molecule has 24 heavy (non-hydrogen) atoms. The lowest BCUT2D eigenvalue weighted by atomic mass is 10.1. The maximum absolute atomic E-state index is 12.4. The van der Waals surface area contributed by atoms with E-state index in [4.69, 9.17) is 16.3 Å². The topological polar surface area (TPSA) is 46.6 Å². The first kappa shape index (κ1) is 15.4. The zero-order valence-corrected chi connectivity index (χ0v) is 13.7. The van der Waals surface area contributed by atoms with Crippen molar-refractivity contribution in [2.45, 2.75) is 25.0 Å². The molecule has 2 unspecified atom stereocenters. The quantitative estimate of drug-likeness (QED) is 0.796. The van der Waals surface area contributed by atoms with Gasteiger partial charge in [0.05, 0.1) is 29.9 Å². The largest absolute Gasteiger partial charge is 0.368 e. The van der Waals surface area contributed by atoms with Crippen molar-refractivity contribution >= 4 is 23.4 Å². The Bertz CT molecular complexity index is 768. The number of halogens is 1. The van der Waals surface area contributed by atoms with E-state index in [1.165, 1.54) is 4.90 Å². The van der Waals surface area contributed by atoms with Crippen molar-refractivity contribution in [3.8, 4) is 0 Å². The second kappa shape index (κ2) is 6.04. The molecule has 0 saturated carbocycles. The van der Waals surface area contributed by atoms with E-state index < -0.39 is 0 Å². The van der Waals surface area contributed by atoms with Crippen molar-refractivity contribution in [2.75, 3.05) is 6.54 Å². The molecule has 122 valence electrons. The van der Waals surface area contributed by atoms with Crippen LogP contribution in [-0.2, 0) is 4.74 Å².